The van der Waals surface area contributed by atoms with E-state index in [1.165, 1.54) is 11.8 Å². The Morgan fingerprint density at radius 2 is 2.12 bits per heavy atom. The summed E-state index contributed by atoms with van der Waals surface area (Å²) in [4.78, 5) is 11.9. The molecule has 0 saturated carbocycles. The maximum Gasteiger partial charge on any atom is 0.336 e. The fourth-order valence-corrected chi connectivity index (χ4v) is 3.68. The minimum atomic E-state index is -0.357. The zero-order chi connectivity index (χ0) is 17.2. The van der Waals surface area contributed by atoms with Gasteiger partial charge in [-0.25, -0.2) is 9.48 Å². The number of benzene rings is 2. The van der Waals surface area contributed by atoms with E-state index in [0.29, 0.717) is 23.0 Å². The van der Waals surface area contributed by atoms with Crippen molar-refractivity contribution in [3.63, 3.8) is 0 Å². The summed E-state index contributed by atoms with van der Waals surface area (Å²) in [5, 5.41) is 15.5. The minimum absolute atomic E-state index is 0.357. The monoisotopic (exact) mass is 350 g/mol. The van der Waals surface area contributed by atoms with Gasteiger partial charge in [-0.05, 0) is 32.8 Å². The summed E-state index contributed by atoms with van der Waals surface area (Å²) in [5.74, 6) is 0.563. The number of tetrazole rings is 1. The predicted molar refractivity (Wildman–Crippen MR) is 97.6 cm³/mol. The second-order valence-corrected chi connectivity index (χ2v) is 6.41. The third kappa shape index (κ3) is 2.94. The van der Waals surface area contributed by atoms with Crippen LogP contribution in [0.4, 0.5) is 0 Å². The van der Waals surface area contributed by atoms with Crippen molar-refractivity contribution < 1.29 is 4.42 Å². The number of allylic oxidation sites excluding steroid dienone is 1. The highest BCUT2D eigenvalue weighted by Gasteiger charge is 2.12. The molecule has 0 unspecified atom stereocenters. The van der Waals surface area contributed by atoms with Crippen LogP contribution in [0.1, 0.15) is 5.56 Å². The number of hydrogen-bond donors (Lipinski definition) is 0. The molecular formula is C18H14N4O2S. The first-order valence-electron chi connectivity index (χ1n) is 7.70. The smallest absolute Gasteiger partial charge is 0.336 e. The number of thioether (sulfide) groups is 1. The molecule has 0 spiro atoms. The molecule has 2 aromatic heterocycles. The predicted octanol–water partition coefficient (Wildman–Crippen LogP) is 3.41. The lowest BCUT2D eigenvalue weighted by molar-refractivity contribution is 0.560. The Bertz CT molecular complexity index is 1130. The highest BCUT2D eigenvalue weighted by atomic mass is 32.2. The highest BCUT2D eigenvalue weighted by Crippen LogP contribution is 2.30. The molecule has 0 aliphatic carbocycles. The molecule has 2 aromatic carbocycles. The minimum Gasteiger partial charge on any atom is -0.423 e. The quantitative estimate of drug-likeness (QED) is 0.238. The van der Waals surface area contributed by atoms with Crippen LogP contribution >= 0.6 is 11.8 Å². The molecule has 4 aromatic rings. The van der Waals surface area contributed by atoms with Crippen molar-refractivity contribution in [3.8, 4) is 0 Å². The van der Waals surface area contributed by atoms with E-state index in [9.17, 15) is 4.79 Å². The molecule has 0 fully saturated rings. The van der Waals surface area contributed by atoms with Crippen LogP contribution in [0.3, 0.4) is 0 Å². The zero-order valence-electron chi connectivity index (χ0n) is 13.3. The molecule has 0 N–H and O–H groups in total. The van der Waals surface area contributed by atoms with Gasteiger partial charge in [0.25, 0.3) is 0 Å². The van der Waals surface area contributed by atoms with E-state index in [0.717, 1.165) is 21.7 Å². The van der Waals surface area contributed by atoms with Crippen molar-refractivity contribution in [2.24, 2.45) is 0 Å². The average Bonchev–Trinajstić information content (AvgIpc) is 3.06. The van der Waals surface area contributed by atoms with E-state index >= 15 is 0 Å². The Morgan fingerprint density at radius 1 is 1.24 bits per heavy atom. The second-order valence-electron chi connectivity index (χ2n) is 5.47. The third-order valence-electron chi connectivity index (χ3n) is 3.87. The van der Waals surface area contributed by atoms with Crippen molar-refractivity contribution in [1.82, 2.24) is 20.2 Å². The number of rotatable bonds is 5. The van der Waals surface area contributed by atoms with Crippen molar-refractivity contribution in [2.45, 2.75) is 17.5 Å². The van der Waals surface area contributed by atoms with E-state index in [1.807, 2.05) is 36.4 Å². The summed E-state index contributed by atoms with van der Waals surface area (Å²) in [6, 6.07) is 13.4. The lowest BCUT2D eigenvalue weighted by Crippen LogP contribution is -2.02. The summed E-state index contributed by atoms with van der Waals surface area (Å²) >= 11 is 1.48. The van der Waals surface area contributed by atoms with E-state index < -0.39 is 0 Å². The molecule has 0 aliphatic heterocycles. The topological polar surface area (TPSA) is 73.8 Å². The summed E-state index contributed by atoms with van der Waals surface area (Å²) in [6.07, 6.45) is 1.74. The van der Waals surface area contributed by atoms with Crippen molar-refractivity contribution in [3.05, 3.63) is 71.1 Å². The van der Waals surface area contributed by atoms with Gasteiger partial charge in [-0.3, -0.25) is 0 Å². The number of fused-ring (bicyclic) bond motifs is 3. The third-order valence-corrected chi connectivity index (χ3v) is 4.88. The molecule has 0 saturated heterocycles. The molecular weight excluding hydrogens is 336 g/mol. The van der Waals surface area contributed by atoms with Gasteiger partial charge in [0.15, 0.2) is 0 Å². The molecule has 4 rings (SSSR count). The fraction of sp³-hybridized carbons (Fsp3) is 0.111. The molecule has 2 heterocycles. The van der Waals surface area contributed by atoms with Gasteiger partial charge in [0.2, 0.25) is 5.16 Å². The summed E-state index contributed by atoms with van der Waals surface area (Å²) in [5.41, 5.74) is 1.14. The van der Waals surface area contributed by atoms with Crippen molar-refractivity contribution in [2.75, 3.05) is 0 Å². The van der Waals surface area contributed by atoms with Gasteiger partial charge in [0.1, 0.15) is 5.58 Å². The Morgan fingerprint density at radius 3 is 3.00 bits per heavy atom. The van der Waals surface area contributed by atoms with Gasteiger partial charge in [0.05, 0.1) is 6.54 Å². The standard InChI is InChI=1S/C18H14N4O2S/c1-2-9-22-18(19-20-21-22)25-11-13-10-16(23)24-15-8-7-12-5-3-4-6-14(12)17(13)15/h2-8,10H,1,9,11H2. The van der Waals surface area contributed by atoms with Crippen LogP contribution in [0.2, 0.25) is 0 Å². The van der Waals surface area contributed by atoms with E-state index in [2.05, 4.69) is 22.1 Å². The van der Waals surface area contributed by atoms with Crippen LogP contribution in [0, 0.1) is 0 Å². The van der Waals surface area contributed by atoms with E-state index in [1.54, 1.807) is 16.8 Å². The largest absolute Gasteiger partial charge is 0.423 e. The van der Waals surface area contributed by atoms with Gasteiger partial charge in [-0.2, -0.15) is 0 Å². The molecule has 6 nitrogen and oxygen atoms in total. The van der Waals surface area contributed by atoms with E-state index in [4.69, 9.17) is 4.42 Å². The molecule has 124 valence electrons. The number of hydrogen-bond acceptors (Lipinski definition) is 6. The summed E-state index contributed by atoms with van der Waals surface area (Å²) < 4.78 is 7.06. The second kappa shape index (κ2) is 6.52. The number of aromatic nitrogens is 4. The lowest BCUT2D eigenvalue weighted by Gasteiger charge is -2.08. The molecule has 25 heavy (non-hydrogen) atoms. The first-order chi connectivity index (χ1) is 12.3. The molecule has 0 atom stereocenters. The molecule has 7 heteroatoms. The normalized spacial score (nSPS) is 11.2. The number of nitrogens with zero attached hydrogens (tertiary/aromatic N) is 4. The van der Waals surface area contributed by atoms with Gasteiger partial charge in [-0.1, -0.05) is 48.2 Å². The molecule has 0 bridgehead atoms. The van der Waals surface area contributed by atoms with Crippen molar-refractivity contribution in [1.29, 1.82) is 0 Å². The van der Waals surface area contributed by atoms with Crippen LogP contribution in [-0.4, -0.2) is 20.2 Å². The van der Waals surface area contributed by atoms with Crippen molar-refractivity contribution >= 4 is 33.5 Å². The van der Waals surface area contributed by atoms with Crippen LogP contribution < -0.4 is 5.63 Å². The first kappa shape index (κ1) is 15.6. The van der Waals surface area contributed by atoms with Gasteiger partial charge >= 0.3 is 5.63 Å². The van der Waals surface area contributed by atoms with Gasteiger partial charge in [-0.15, -0.1) is 11.7 Å². The lowest BCUT2D eigenvalue weighted by atomic mass is 10.0. The summed E-state index contributed by atoms with van der Waals surface area (Å²) in [6.45, 7) is 4.24. The molecule has 0 amide bonds. The van der Waals surface area contributed by atoms with Gasteiger partial charge in [0, 0.05) is 17.2 Å². The van der Waals surface area contributed by atoms with E-state index in [-0.39, 0.29) is 5.63 Å². The first-order valence-corrected chi connectivity index (χ1v) is 8.69. The van der Waals surface area contributed by atoms with Crippen LogP contribution in [0.15, 0.2) is 69.5 Å². The average molecular weight is 350 g/mol. The summed E-state index contributed by atoms with van der Waals surface area (Å²) in [7, 11) is 0. The van der Waals surface area contributed by atoms with Crippen LogP contribution in [-0.2, 0) is 12.3 Å². The maximum absolute atomic E-state index is 11.9. The Hall–Kier alpha value is -2.93. The Balaban J connectivity index is 1.80. The Kier molecular flexibility index (Phi) is 4.07. The SMILES string of the molecule is C=CCn1nnnc1SCc1cc(=O)oc2ccc3ccccc3c12. The van der Waals surface area contributed by atoms with Crippen LogP contribution in [0.25, 0.3) is 21.7 Å². The highest BCUT2D eigenvalue weighted by molar-refractivity contribution is 7.98. The molecule has 0 aliphatic rings. The van der Waals surface area contributed by atoms with Crippen LogP contribution in [0.5, 0.6) is 0 Å². The maximum atomic E-state index is 11.9. The Labute approximate surface area is 147 Å². The zero-order valence-corrected chi connectivity index (χ0v) is 14.1. The molecule has 0 radical (unpaired) electrons. The fourth-order valence-electron chi connectivity index (χ4n) is 2.81. The van der Waals surface area contributed by atoms with Gasteiger partial charge < -0.3 is 4.42 Å².